The first kappa shape index (κ1) is 35.4. The van der Waals surface area contributed by atoms with E-state index in [2.05, 4.69) is 55.0 Å². The van der Waals surface area contributed by atoms with Crippen LogP contribution in [0.4, 0.5) is 20.7 Å². The molecule has 3 N–H and O–H groups in total. The number of pyridine rings is 1. The van der Waals surface area contributed by atoms with E-state index >= 15 is 4.39 Å². The fourth-order valence-corrected chi connectivity index (χ4v) is 7.16. The van der Waals surface area contributed by atoms with Gasteiger partial charge in [0.25, 0.3) is 5.91 Å². The van der Waals surface area contributed by atoms with Crippen molar-refractivity contribution in [3.8, 4) is 11.3 Å². The van der Waals surface area contributed by atoms with E-state index < -0.39 is 25.9 Å². The molecule has 5 heterocycles. The summed E-state index contributed by atoms with van der Waals surface area (Å²) in [6.45, 7) is 12.3. The van der Waals surface area contributed by atoms with Crippen molar-refractivity contribution in [2.45, 2.75) is 57.8 Å². The summed E-state index contributed by atoms with van der Waals surface area (Å²) in [5.41, 5.74) is 2.98. The fourth-order valence-electron chi connectivity index (χ4n) is 6.41. The molecule has 266 valence electrons. The minimum atomic E-state index is -1.32. The average Bonchev–Trinajstić information content (AvgIpc) is 3.45. The van der Waals surface area contributed by atoms with Gasteiger partial charge in [-0.25, -0.2) is 19.2 Å². The summed E-state index contributed by atoms with van der Waals surface area (Å²) in [5, 5.41) is 15.2. The van der Waals surface area contributed by atoms with Gasteiger partial charge in [0.1, 0.15) is 36.0 Å². The zero-order chi connectivity index (χ0) is 35.3. The van der Waals surface area contributed by atoms with Gasteiger partial charge in [-0.2, -0.15) is 0 Å². The van der Waals surface area contributed by atoms with Crippen LogP contribution in [0.1, 0.15) is 28.9 Å². The Kier molecular flexibility index (Phi) is 11.1. The molecule has 50 heavy (non-hydrogen) atoms. The van der Waals surface area contributed by atoms with E-state index in [0.29, 0.717) is 68.6 Å². The molecule has 1 atom stereocenters. The number of benzene rings is 1. The maximum atomic E-state index is 16.0. The van der Waals surface area contributed by atoms with Crippen LogP contribution in [0.25, 0.3) is 22.3 Å². The average molecular weight is 705 g/mol. The quantitative estimate of drug-likeness (QED) is 0.132. The second-order valence-electron chi connectivity index (χ2n) is 14.1. The van der Waals surface area contributed by atoms with E-state index in [1.54, 1.807) is 24.4 Å². The molecule has 2 fully saturated rings. The summed E-state index contributed by atoms with van der Waals surface area (Å²) in [6, 6.07) is 11.0. The Morgan fingerprint density at radius 3 is 2.66 bits per heavy atom. The van der Waals surface area contributed by atoms with Crippen molar-refractivity contribution in [1.29, 1.82) is 0 Å². The molecule has 0 bridgehead atoms. The van der Waals surface area contributed by atoms with E-state index in [-0.39, 0.29) is 18.5 Å². The summed E-state index contributed by atoms with van der Waals surface area (Å²) in [5.74, 6) is -0.193. The molecule has 2 aliphatic rings. The van der Waals surface area contributed by atoms with E-state index in [4.69, 9.17) is 14.6 Å². The molecule has 2 saturated heterocycles. The number of carboxylic acid groups (broad SMARTS) is 1. The monoisotopic (exact) mass is 704 g/mol. The number of halogens is 1. The van der Waals surface area contributed by atoms with Gasteiger partial charge in [0.15, 0.2) is 0 Å². The third kappa shape index (κ3) is 8.82. The number of rotatable bonds is 12. The normalized spacial score (nSPS) is 17.2. The number of nitrogens with zero attached hydrogens (tertiary/aromatic N) is 6. The lowest BCUT2D eigenvalue weighted by molar-refractivity contribution is 0.0908. The number of likely N-dealkylation sites (tertiary alicyclic amines) is 1. The van der Waals surface area contributed by atoms with Crippen LogP contribution in [0.3, 0.4) is 0 Å². The highest BCUT2D eigenvalue weighted by Gasteiger charge is 2.24. The third-order valence-electron chi connectivity index (χ3n) is 9.00. The molecule has 15 heteroatoms. The molecule has 4 aromatic rings. The van der Waals surface area contributed by atoms with Crippen LogP contribution in [0.5, 0.6) is 0 Å². The lowest BCUT2D eigenvalue weighted by Crippen LogP contribution is -2.46. The molecule has 0 spiro atoms. The first-order chi connectivity index (χ1) is 24.0. The summed E-state index contributed by atoms with van der Waals surface area (Å²) < 4.78 is 29.6. The van der Waals surface area contributed by atoms with Gasteiger partial charge in [-0.3, -0.25) is 14.7 Å². The summed E-state index contributed by atoms with van der Waals surface area (Å²) >= 11 is 0. The van der Waals surface area contributed by atoms with Gasteiger partial charge >= 0.3 is 6.09 Å². The zero-order valence-corrected chi connectivity index (χ0v) is 29.8. The van der Waals surface area contributed by atoms with Gasteiger partial charge in [0, 0.05) is 64.3 Å². The Morgan fingerprint density at radius 2 is 1.90 bits per heavy atom. The van der Waals surface area contributed by atoms with E-state index in [1.165, 1.54) is 12.4 Å². The number of carbonyl (C=O) groups excluding carboxylic acids is 1. The summed E-state index contributed by atoms with van der Waals surface area (Å²) in [6.07, 6.45) is 3.75. The number of nitrogens with one attached hydrogen (secondary N) is 2. The summed E-state index contributed by atoms with van der Waals surface area (Å²) in [7, 11) is -1.32. The minimum absolute atomic E-state index is 0.132. The van der Waals surface area contributed by atoms with Crippen LogP contribution in [0.15, 0.2) is 48.9 Å². The van der Waals surface area contributed by atoms with E-state index in [1.807, 2.05) is 16.7 Å². The lowest BCUT2D eigenvalue weighted by atomic mass is 10.0. The fraction of sp³-hybridized carbons (Fsp3) is 0.457. The lowest BCUT2D eigenvalue weighted by Gasteiger charge is -2.32. The highest BCUT2D eigenvalue weighted by Crippen LogP contribution is 2.34. The number of ether oxygens (including phenoxy) is 2. The van der Waals surface area contributed by atoms with Gasteiger partial charge in [0.2, 0.25) is 0 Å². The molecule has 2 aliphatic heterocycles. The number of piperidine rings is 1. The van der Waals surface area contributed by atoms with Gasteiger partial charge in [-0.15, -0.1) is 0 Å². The Balaban J connectivity index is 1.20. The Bertz CT molecular complexity index is 1830. The van der Waals surface area contributed by atoms with E-state index in [0.717, 1.165) is 42.2 Å². The highest BCUT2D eigenvalue weighted by molar-refractivity contribution is 6.76. The largest absolute Gasteiger partial charge is 0.465 e. The van der Waals surface area contributed by atoms with Gasteiger partial charge in [-0.1, -0.05) is 19.6 Å². The zero-order valence-electron chi connectivity index (χ0n) is 28.8. The smallest absolute Gasteiger partial charge is 0.404 e. The number of hydrogen-bond donors (Lipinski definition) is 3. The first-order valence-corrected chi connectivity index (χ1v) is 20.8. The molecule has 0 saturated carbocycles. The SMILES string of the molecule is C[Si](C)(C)CCOCn1c(-c2ccc(NC(=O)c3cc(CN4CCCC(NC(=O)O)C4)ccn3)cc2F)cc2c(N3CCOCC3)ncnc21. The molecule has 2 amide bonds. The van der Waals surface area contributed by atoms with Crippen LogP contribution in [-0.2, 0) is 22.7 Å². The molecule has 1 unspecified atom stereocenters. The minimum Gasteiger partial charge on any atom is -0.465 e. The van der Waals surface area contributed by atoms with Crippen molar-refractivity contribution in [1.82, 2.24) is 29.7 Å². The van der Waals surface area contributed by atoms with Crippen molar-refractivity contribution in [3.05, 3.63) is 66.0 Å². The van der Waals surface area contributed by atoms with Crippen molar-refractivity contribution in [3.63, 3.8) is 0 Å². The Labute approximate surface area is 291 Å². The molecule has 6 rings (SSSR count). The van der Waals surface area contributed by atoms with Crippen LogP contribution in [0, 0.1) is 5.82 Å². The van der Waals surface area contributed by atoms with E-state index in [9.17, 15) is 9.59 Å². The molecular weight excluding hydrogens is 660 g/mol. The Hall–Kier alpha value is -4.44. The number of anilines is 2. The number of aromatic nitrogens is 4. The predicted octanol–water partition coefficient (Wildman–Crippen LogP) is 5.27. The number of amides is 2. The predicted molar refractivity (Wildman–Crippen MR) is 192 cm³/mol. The second kappa shape index (κ2) is 15.6. The Morgan fingerprint density at radius 1 is 1.08 bits per heavy atom. The van der Waals surface area contributed by atoms with Gasteiger partial charge in [-0.05, 0) is 67.4 Å². The number of morpholine rings is 1. The standard InChI is InChI=1S/C35H45FN8O5Si/c1-50(2,3)16-15-49-23-44-31(19-28-32(38-22-39-33(28)44)43-11-13-48-14-12-43)27-7-6-25(18-29(27)36)40-34(45)30-17-24(8-9-37-30)20-42-10-4-5-26(21-42)41-35(46)47/h6-9,17-19,22,26,41H,4-5,10-16,20-21,23H2,1-3H3,(H,40,45)(H,46,47). The van der Waals surface area contributed by atoms with Gasteiger partial charge < -0.3 is 34.7 Å². The molecule has 0 aliphatic carbocycles. The van der Waals surface area contributed by atoms with Gasteiger partial charge in [0.05, 0.1) is 24.3 Å². The van der Waals surface area contributed by atoms with Crippen LogP contribution < -0.4 is 15.5 Å². The molecule has 1 aromatic carbocycles. The third-order valence-corrected chi connectivity index (χ3v) is 10.7. The number of carbonyl (C=O) groups is 2. The molecule has 0 radical (unpaired) electrons. The first-order valence-electron chi connectivity index (χ1n) is 17.1. The molecular formula is C35H45FN8O5Si. The van der Waals surface area contributed by atoms with Crippen LogP contribution in [-0.4, -0.2) is 102 Å². The molecule has 13 nitrogen and oxygen atoms in total. The molecule has 3 aromatic heterocycles. The highest BCUT2D eigenvalue weighted by atomic mass is 28.3. The topological polar surface area (TPSA) is 147 Å². The van der Waals surface area contributed by atoms with Crippen LogP contribution >= 0.6 is 0 Å². The van der Waals surface area contributed by atoms with Crippen molar-refractivity contribution >= 4 is 42.6 Å². The maximum absolute atomic E-state index is 16.0. The van der Waals surface area contributed by atoms with Crippen molar-refractivity contribution in [2.75, 3.05) is 56.2 Å². The number of fused-ring (bicyclic) bond motifs is 1. The second-order valence-corrected chi connectivity index (χ2v) is 19.7. The summed E-state index contributed by atoms with van der Waals surface area (Å²) in [4.78, 5) is 42.1. The van der Waals surface area contributed by atoms with Crippen molar-refractivity contribution < 1.29 is 28.6 Å². The number of hydrogen-bond acceptors (Lipinski definition) is 9. The van der Waals surface area contributed by atoms with Crippen molar-refractivity contribution in [2.24, 2.45) is 0 Å². The van der Waals surface area contributed by atoms with Crippen LogP contribution in [0.2, 0.25) is 25.7 Å². The maximum Gasteiger partial charge on any atom is 0.404 e.